The third-order valence-corrected chi connectivity index (χ3v) is 11.1. The number of nitrogens with zero attached hydrogens (tertiary/aromatic N) is 9. The smallest absolute Gasteiger partial charge is 0.276 e. The van der Waals surface area contributed by atoms with E-state index in [-0.39, 0.29) is 36.0 Å². The van der Waals surface area contributed by atoms with Crippen LogP contribution in [0.1, 0.15) is 105 Å². The molecule has 0 unspecified atom stereocenters. The number of nitrogens with two attached hydrogens (primary N) is 1. The Bertz CT molecular complexity index is 2680. The second kappa shape index (κ2) is 16.9. The largest absolute Gasteiger partial charge is 0.491 e. The minimum Gasteiger partial charge on any atom is -0.491 e. The number of nitriles is 1. The van der Waals surface area contributed by atoms with Gasteiger partial charge < -0.3 is 29.1 Å². The number of anilines is 2. The molecule has 0 radical (unpaired) electrons. The molecule has 0 saturated heterocycles. The van der Waals surface area contributed by atoms with Crippen LogP contribution in [0, 0.1) is 25.2 Å². The van der Waals surface area contributed by atoms with E-state index < -0.39 is 5.91 Å². The first-order valence-corrected chi connectivity index (χ1v) is 20.4. The van der Waals surface area contributed by atoms with E-state index in [4.69, 9.17) is 35.0 Å². The molecule has 0 aliphatic carbocycles. The van der Waals surface area contributed by atoms with Gasteiger partial charge in [0, 0.05) is 57.0 Å². The monoisotopic (exact) mass is 816 g/mol. The minimum atomic E-state index is -0.640. The zero-order valence-corrected chi connectivity index (χ0v) is 34.2. The highest BCUT2D eigenvalue weighted by atomic mass is 16.5. The van der Waals surface area contributed by atoms with E-state index in [2.05, 4.69) is 21.8 Å². The van der Waals surface area contributed by atoms with Crippen LogP contribution >= 0.6 is 0 Å². The number of rotatable bonds is 7. The van der Waals surface area contributed by atoms with Gasteiger partial charge in [0.1, 0.15) is 40.5 Å². The summed E-state index contributed by atoms with van der Waals surface area (Å²) in [6, 6.07) is 10.3. The summed E-state index contributed by atoms with van der Waals surface area (Å²) >= 11 is 0. The summed E-state index contributed by atoms with van der Waals surface area (Å²) in [5, 5.41) is 25.3. The van der Waals surface area contributed by atoms with Gasteiger partial charge in [0.05, 0.1) is 46.7 Å². The van der Waals surface area contributed by atoms with Crippen LogP contribution in [0.4, 0.5) is 11.9 Å². The number of aryl methyl sites for hydroxylation is 5. The molecule has 4 aromatic heterocycles. The van der Waals surface area contributed by atoms with E-state index in [1.165, 1.54) is 0 Å². The van der Waals surface area contributed by atoms with Gasteiger partial charge in [-0.2, -0.15) is 15.5 Å². The fourth-order valence-corrected chi connectivity index (χ4v) is 8.32. The molecule has 2 aliphatic rings. The molecule has 6 heterocycles. The quantitative estimate of drug-likeness (QED) is 0.172. The zero-order valence-electron chi connectivity index (χ0n) is 34.2. The van der Waals surface area contributed by atoms with Gasteiger partial charge in [0.15, 0.2) is 0 Å². The number of aromatic nitrogens is 8. The number of benzene rings is 2. The Morgan fingerprint density at radius 2 is 1.77 bits per heavy atom. The molecule has 6 aromatic rings. The highest BCUT2D eigenvalue weighted by Crippen LogP contribution is 2.39. The van der Waals surface area contributed by atoms with Crippen LogP contribution in [-0.4, -0.2) is 83.3 Å². The lowest BCUT2D eigenvalue weighted by atomic mass is 10.0. The molecule has 4 N–H and O–H groups in total. The lowest BCUT2D eigenvalue weighted by Gasteiger charge is -2.27. The van der Waals surface area contributed by atoms with Gasteiger partial charge in [0.25, 0.3) is 11.8 Å². The van der Waals surface area contributed by atoms with Gasteiger partial charge in [0.2, 0.25) is 17.8 Å². The molecule has 2 aliphatic heterocycles. The predicted molar refractivity (Wildman–Crippen MR) is 222 cm³/mol. The van der Waals surface area contributed by atoms with Crippen LogP contribution in [0.15, 0.2) is 30.3 Å². The maximum Gasteiger partial charge on any atom is 0.276 e. The van der Waals surface area contributed by atoms with Crippen LogP contribution < -0.4 is 25.8 Å². The number of amides is 3. The van der Waals surface area contributed by atoms with Gasteiger partial charge in [-0.15, -0.1) is 0 Å². The Hall–Kier alpha value is -6.74. The summed E-state index contributed by atoms with van der Waals surface area (Å²) in [7, 11) is 1.62. The summed E-state index contributed by atoms with van der Waals surface area (Å²) in [5.41, 5.74) is 11.8. The molecule has 0 saturated carbocycles. The second-order valence-electron chi connectivity index (χ2n) is 15.2. The molecular weight excluding hydrogens is 769 g/mol. The molecule has 0 bridgehead atoms. The molecule has 2 aromatic carbocycles. The number of methoxy groups -OCH3 is 1. The Labute approximate surface area is 345 Å². The Balaban J connectivity index is 1.23. The number of ether oxygens (including phenoxy) is 3. The van der Waals surface area contributed by atoms with Crippen molar-refractivity contribution in [3.63, 3.8) is 0 Å². The van der Waals surface area contributed by atoms with Gasteiger partial charge in [-0.05, 0) is 77.1 Å². The van der Waals surface area contributed by atoms with Crippen LogP contribution in [0.2, 0.25) is 0 Å². The number of nitrogens with one attached hydrogen (secondary N) is 2. The summed E-state index contributed by atoms with van der Waals surface area (Å²) in [4.78, 5) is 50.8. The first-order valence-electron chi connectivity index (χ1n) is 20.4. The predicted octanol–water partition coefficient (Wildman–Crippen LogP) is 5.45. The standard InChI is InChI=1S/C42H48N12O6/c1-5-52-35-29(25(3)50-52)12-7-6-8-14-53-32(17-24(2)49-53)39(56)47-42-46-30-18-26(22-43)19-33-37(30)54(42)28(23-60-33)11-9-13-51-36-31(45-41(51)48-40(35)57)20-27(38(44)55)21-34(36)59-16-10-15-58-4/h17-21,28H,5-16,23H2,1-4H3,(H2,44,55)(H,45,48,57)(H,46,47,56)/t28-/m0/s1. The van der Waals surface area contributed by atoms with Crippen LogP contribution in [0.5, 0.6) is 11.5 Å². The van der Waals surface area contributed by atoms with Crippen molar-refractivity contribution in [3.8, 4) is 17.6 Å². The SMILES string of the molecule is CCn1nc(C)c2c1C(=O)Nc1nc3cc(C(N)=O)cc(OCCCOC)c3n1CCC[C@H]1COc3cc(C#N)cc4nc(n1c34)NC(=O)c1cc(C)nn1CCCCC2. The minimum absolute atomic E-state index is 0.219. The average molecular weight is 817 g/mol. The average Bonchev–Trinajstić information content (AvgIpc) is 3.98. The lowest BCUT2D eigenvalue weighted by Crippen LogP contribution is -2.26. The van der Waals surface area contributed by atoms with Gasteiger partial charge in [-0.1, -0.05) is 6.42 Å². The second-order valence-corrected chi connectivity index (χ2v) is 15.2. The number of imidazole rings is 2. The van der Waals surface area contributed by atoms with Crippen molar-refractivity contribution in [1.29, 1.82) is 5.26 Å². The summed E-state index contributed by atoms with van der Waals surface area (Å²) in [6.07, 6.45) is 4.64. The Kier molecular flexibility index (Phi) is 11.3. The number of hydrogen-bond donors (Lipinski definition) is 3. The molecule has 60 heavy (non-hydrogen) atoms. The van der Waals surface area contributed by atoms with E-state index in [0.717, 1.165) is 36.2 Å². The first kappa shape index (κ1) is 40.1. The maximum atomic E-state index is 14.5. The Morgan fingerprint density at radius 3 is 2.55 bits per heavy atom. The normalized spacial score (nSPS) is 16.1. The van der Waals surface area contributed by atoms with Crippen LogP contribution in [0.3, 0.4) is 0 Å². The zero-order chi connectivity index (χ0) is 42.1. The van der Waals surface area contributed by atoms with Crippen LogP contribution in [0.25, 0.3) is 22.1 Å². The summed E-state index contributed by atoms with van der Waals surface area (Å²) in [6.45, 7) is 8.12. The van der Waals surface area contributed by atoms with E-state index in [0.29, 0.717) is 115 Å². The van der Waals surface area contributed by atoms with Crippen molar-refractivity contribution in [3.05, 3.63) is 69.8 Å². The number of hydrogen-bond acceptors (Lipinski definition) is 11. The maximum absolute atomic E-state index is 14.5. The van der Waals surface area contributed by atoms with Crippen molar-refractivity contribution >= 4 is 51.7 Å². The van der Waals surface area contributed by atoms with E-state index in [9.17, 15) is 19.6 Å². The van der Waals surface area contributed by atoms with E-state index in [1.54, 1.807) is 46.8 Å². The molecule has 18 heteroatoms. The number of primary amides is 1. The fourth-order valence-electron chi connectivity index (χ4n) is 8.32. The highest BCUT2D eigenvalue weighted by Gasteiger charge is 2.30. The van der Waals surface area contributed by atoms with Gasteiger partial charge in [-0.25, -0.2) is 9.97 Å². The number of carbonyl (C=O) groups excluding carboxylic acids is 3. The summed E-state index contributed by atoms with van der Waals surface area (Å²) in [5.74, 6) is 0.165. The summed E-state index contributed by atoms with van der Waals surface area (Å²) < 4.78 is 25.1. The number of fused-ring (bicyclic) bond motifs is 5. The van der Waals surface area contributed by atoms with E-state index >= 15 is 0 Å². The fraction of sp³-hybridized carbons (Fsp3) is 0.429. The van der Waals surface area contributed by atoms with Crippen molar-refractivity contribution in [2.45, 2.75) is 91.4 Å². The molecule has 0 fully saturated rings. The molecule has 312 valence electrons. The van der Waals surface area contributed by atoms with E-state index in [1.807, 2.05) is 29.9 Å². The molecule has 1 atom stereocenters. The topological polar surface area (TPSA) is 224 Å². The Morgan fingerprint density at radius 1 is 0.967 bits per heavy atom. The van der Waals surface area contributed by atoms with Crippen LogP contribution in [-0.2, 0) is 30.8 Å². The molecule has 0 spiro atoms. The molecule has 8 rings (SSSR count). The lowest BCUT2D eigenvalue weighted by molar-refractivity contribution is 0.0994. The highest BCUT2D eigenvalue weighted by molar-refractivity contribution is 6.05. The third kappa shape index (κ3) is 7.63. The van der Waals surface area contributed by atoms with Crippen molar-refractivity contribution in [2.75, 3.05) is 37.6 Å². The third-order valence-electron chi connectivity index (χ3n) is 11.1. The van der Waals surface area contributed by atoms with Crippen molar-refractivity contribution < 1.29 is 28.6 Å². The van der Waals surface area contributed by atoms with Gasteiger partial charge >= 0.3 is 0 Å². The van der Waals surface area contributed by atoms with Crippen molar-refractivity contribution in [1.82, 2.24) is 38.7 Å². The molecule has 18 nitrogen and oxygen atoms in total. The van der Waals surface area contributed by atoms with Crippen molar-refractivity contribution in [2.24, 2.45) is 5.73 Å². The molecule has 3 amide bonds. The number of carbonyl (C=O) groups is 3. The van der Waals surface area contributed by atoms with Gasteiger partial charge in [-0.3, -0.25) is 34.4 Å². The first-order chi connectivity index (χ1) is 29.1. The molecular formula is C42H48N12O6.